The molecule has 0 aliphatic rings. The maximum absolute atomic E-state index is 9.98. The van der Waals surface area contributed by atoms with Gasteiger partial charge in [-0.3, -0.25) is 0 Å². The lowest BCUT2D eigenvalue weighted by Gasteiger charge is -1.86. The van der Waals surface area contributed by atoms with Crippen LogP contribution in [-0.2, 0) is 10.0 Å². The van der Waals surface area contributed by atoms with Crippen molar-refractivity contribution in [3.63, 3.8) is 0 Å². The number of primary sulfonamides is 1. The number of alkyl halides is 1. The number of rotatable bonds is 2. The largest absolute Gasteiger partial charge is 0.229 e. The van der Waals surface area contributed by atoms with E-state index < -0.39 is 10.0 Å². The molecule has 0 atom stereocenters. The Bertz CT molecular complexity index is 129. The summed E-state index contributed by atoms with van der Waals surface area (Å²) >= 11 is 2.93. The van der Waals surface area contributed by atoms with Crippen molar-refractivity contribution in [3.05, 3.63) is 0 Å². The van der Waals surface area contributed by atoms with Gasteiger partial charge in [-0.15, -0.1) is 0 Å². The highest BCUT2D eigenvalue weighted by atomic mass is 79.9. The quantitative estimate of drug-likeness (QED) is 0.603. The summed E-state index contributed by atoms with van der Waals surface area (Å²) in [5.41, 5.74) is 0. The fourth-order valence-electron chi connectivity index (χ4n) is 0.108. The van der Waals surface area contributed by atoms with Gasteiger partial charge in [0.15, 0.2) is 0 Å². The Balaban J connectivity index is 3.60. The zero-order valence-electron chi connectivity index (χ0n) is 3.59. The molecule has 3 nitrogen and oxygen atoms in total. The Kier molecular flexibility index (Phi) is 2.78. The summed E-state index contributed by atoms with van der Waals surface area (Å²) in [5.74, 6) is 0.00694. The molecule has 0 unspecified atom stereocenters. The van der Waals surface area contributed by atoms with Gasteiger partial charge in [0.25, 0.3) is 0 Å². The van der Waals surface area contributed by atoms with Gasteiger partial charge in [0.2, 0.25) is 10.0 Å². The summed E-state index contributed by atoms with van der Waals surface area (Å²) in [5, 5.41) is 5.00. The summed E-state index contributed by atoms with van der Waals surface area (Å²) in [7, 11) is -3.22. The van der Waals surface area contributed by atoms with Crippen LogP contribution in [0.5, 0.6) is 0 Å². The maximum atomic E-state index is 9.98. The minimum atomic E-state index is -3.22. The molecular weight excluding hydrogens is 182 g/mol. The van der Waals surface area contributed by atoms with Crippen molar-refractivity contribution in [3.8, 4) is 0 Å². The molecule has 0 aromatic heterocycles. The standard InChI is InChI=1S/C2H6BrNO2S/c3-1-2-7(4,5)6/h1-2H2,(H2,4,5,6). The van der Waals surface area contributed by atoms with E-state index in [0.29, 0.717) is 5.33 Å². The SMILES string of the molecule is NS(=O)(=O)CCBr. The molecule has 0 bridgehead atoms. The van der Waals surface area contributed by atoms with Crippen molar-refractivity contribution in [2.45, 2.75) is 0 Å². The molecule has 0 aliphatic heterocycles. The number of nitrogens with two attached hydrogens (primary N) is 1. The van der Waals surface area contributed by atoms with E-state index in [9.17, 15) is 8.42 Å². The molecule has 0 amide bonds. The maximum Gasteiger partial charge on any atom is 0.209 e. The molecule has 0 spiro atoms. The van der Waals surface area contributed by atoms with Crippen molar-refractivity contribution >= 4 is 26.0 Å². The third-order valence-electron chi connectivity index (χ3n) is 0.362. The highest BCUT2D eigenvalue weighted by Gasteiger charge is 1.96. The number of sulfonamides is 1. The third kappa shape index (κ3) is 6.39. The van der Waals surface area contributed by atoms with Gasteiger partial charge in [-0.25, -0.2) is 13.6 Å². The molecule has 0 aliphatic carbocycles. The Hall–Kier alpha value is 0.390. The van der Waals surface area contributed by atoms with Gasteiger partial charge in [-0.05, 0) is 0 Å². The fraction of sp³-hybridized carbons (Fsp3) is 1.00. The second-order valence-corrected chi connectivity index (χ2v) is 3.58. The Morgan fingerprint density at radius 2 is 2.00 bits per heavy atom. The number of hydrogen-bond donors (Lipinski definition) is 1. The van der Waals surface area contributed by atoms with E-state index in [2.05, 4.69) is 21.1 Å². The minimum absolute atomic E-state index is 0.00694. The van der Waals surface area contributed by atoms with E-state index in [1.54, 1.807) is 0 Å². The van der Waals surface area contributed by atoms with Crippen LogP contribution in [0.4, 0.5) is 0 Å². The van der Waals surface area contributed by atoms with E-state index >= 15 is 0 Å². The second kappa shape index (κ2) is 2.64. The monoisotopic (exact) mass is 187 g/mol. The normalized spacial score (nSPS) is 11.7. The lowest BCUT2D eigenvalue weighted by Crippen LogP contribution is -2.16. The van der Waals surface area contributed by atoms with Crippen LogP contribution >= 0.6 is 15.9 Å². The van der Waals surface area contributed by atoms with E-state index in [1.807, 2.05) is 0 Å². The molecule has 0 rings (SSSR count). The van der Waals surface area contributed by atoms with E-state index in [0.717, 1.165) is 0 Å². The summed E-state index contributed by atoms with van der Waals surface area (Å²) in [6.07, 6.45) is 0. The van der Waals surface area contributed by atoms with Crippen LogP contribution in [0.15, 0.2) is 0 Å². The van der Waals surface area contributed by atoms with Gasteiger partial charge in [-0.2, -0.15) is 0 Å². The third-order valence-corrected chi connectivity index (χ3v) is 2.06. The first-order valence-corrected chi connectivity index (χ1v) is 4.46. The highest BCUT2D eigenvalue weighted by molar-refractivity contribution is 9.09. The van der Waals surface area contributed by atoms with E-state index in [1.165, 1.54) is 0 Å². The molecule has 0 radical (unpaired) electrons. The summed E-state index contributed by atoms with van der Waals surface area (Å²) in [6.45, 7) is 0. The van der Waals surface area contributed by atoms with Gasteiger partial charge < -0.3 is 0 Å². The van der Waals surface area contributed by atoms with Crippen LogP contribution in [-0.4, -0.2) is 19.5 Å². The number of halogens is 1. The first-order chi connectivity index (χ1) is 3.06. The first kappa shape index (κ1) is 7.39. The van der Waals surface area contributed by atoms with Gasteiger partial charge in [0, 0.05) is 5.33 Å². The van der Waals surface area contributed by atoms with Gasteiger partial charge >= 0.3 is 0 Å². The summed E-state index contributed by atoms with van der Waals surface area (Å²) in [6, 6.07) is 0. The van der Waals surface area contributed by atoms with Gasteiger partial charge in [-0.1, -0.05) is 15.9 Å². The molecule has 0 saturated carbocycles. The Labute approximate surface area is 51.1 Å². The first-order valence-electron chi connectivity index (χ1n) is 1.62. The minimum Gasteiger partial charge on any atom is -0.229 e. The van der Waals surface area contributed by atoms with Crippen molar-refractivity contribution in [2.24, 2.45) is 5.14 Å². The molecular formula is C2H6BrNO2S. The van der Waals surface area contributed by atoms with Crippen molar-refractivity contribution in [2.75, 3.05) is 11.1 Å². The Morgan fingerprint density at radius 1 is 1.57 bits per heavy atom. The fourth-order valence-corrected chi connectivity index (χ4v) is 1.68. The molecule has 0 aromatic carbocycles. The molecule has 0 saturated heterocycles. The number of hydrogen-bond acceptors (Lipinski definition) is 2. The Morgan fingerprint density at radius 3 is 2.00 bits per heavy atom. The summed E-state index contributed by atoms with van der Waals surface area (Å²) in [4.78, 5) is 0. The molecule has 2 N–H and O–H groups in total. The van der Waals surface area contributed by atoms with Gasteiger partial charge in [0.05, 0.1) is 5.75 Å². The van der Waals surface area contributed by atoms with Crippen LogP contribution < -0.4 is 5.14 Å². The molecule has 0 heterocycles. The summed E-state index contributed by atoms with van der Waals surface area (Å²) < 4.78 is 20.0. The van der Waals surface area contributed by atoms with E-state index in [4.69, 9.17) is 0 Å². The van der Waals surface area contributed by atoms with Crippen molar-refractivity contribution < 1.29 is 8.42 Å². The highest BCUT2D eigenvalue weighted by Crippen LogP contribution is 1.82. The van der Waals surface area contributed by atoms with E-state index in [-0.39, 0.29) is 5.75 Å². The van der Waals surface area contributed by atoms with Crippen molar-refractivity contribution in [1.82, 2.24) is 0 Å². The smallest absolute Gasteiger partial charge is 0.209 e. The van der Waals surface area contributed by atoms with Crippen LogP contribution in [0.1, 0.15) is 0 Å². The lowest BCUT2D eigenvalue weighted by molar-refractivity contribution is 0.599. The zero-order valence-corrected chi connectivity index (χ0v) is 6.00. The molecule has 7 heavy (non-hydrogen) atoms. The topological polar surface area (TPSA) is 60.2 Å². The molecule has 0 fully saturated rings. The molecule has 44 valence electrons. The van der Waals surface area contributed by atoms with Crippen LogP contribution in [0.25, 0.3) is 0 Å². The predicted octanol–water partition coefficient (Wildman–Crippen LogP) is -0.330. The van der Waals surface area contributed by atoms with Crippen molar-refractivity contribution in [1.29, 1.82) is 0 Å². The lowest BCUT2D eigenvalue weighted by atomic mass is 11.0. The average Bonchev–Trinajstić information content (AvgIpc) is 1.30. The van der Waals surface area contributed by atoms with Crippen LogP contribution in [0.2, 0.25) is 0 Å². The molecule has 5 heteroatoms. The van der Waals surface area contributed by atoms with Crippen LogP contribution in [0, 0.1) is 0 Å². The van der Waals surface area contributed by atoms with Crippen LogP contribution in [0.3, 0.4) is 0 Å². The molecule has 0 aromatic rings. The van der Waals surface area contributed by atoms with Gasteiger partial charge in [0.1, 0.15) is 0 Å². The predicted molar refractivity (Wildman–Crippen MR) is 31.8 cm³/mol. The average molecular weight is 188 g/mol. The second-order valence-electron chi connectivity index (χ2n) is 1.06. The zero-order chi connectivity index (χ0) is 5.91.